The van der Waals surface area contributed by atoms with E-state index in [2.05, 4.69) is 67.8 Å². The zero-order valence-corrected chi connectivity index (χ0v) is 43.2. The molecule has 0 aromatic rings. The van der Waals surface area contributed by atoms with Crippen LogP contribution in [0.15, 0.2) is 48.6 Å². The summed E-state index contributed by atoms with van der Waals surface area (Å²) >= 11 is 0. The lowest BCUT2D eigenvalue weighted by molar-refractivity contribution is -0.132. The SMILES string of the molecule is CCCCCCCCCCCCCC/C=C\CCCCCCCCCCC(O)C(=O)NC(CO)C(O)C(O)CCC/C=C/CC/C=C/CC/C=C/CCCCCCCCCCCCCC. The van der Waals surface area contributed by atoms with Crippen molar-refractivity contribution in [1.82, 2.24) is 5.32 Å². The number of nitrogens with one attached hydrogen (secondary N) is 1. The van der Waals surface area contributed by atoms with Crippen LogP contribution >= 0.6 is 0 Å². The van der Waals surface area contributed by atoms with Crippen LogP contribution in [0.2, 0.25) is 0 Å². The molecule has 0 aliphatic heterocycles. The van der Waals surface area contributed by atoms with Crippen LogP contribution < -0.4 is 5.32 Å². The number of carbonyl (C=O) groups is 1. The maximum atomic E-state index is 12.6. The second-order valence-corrected chi connectivity index (χ2v) is 19.6. The van der Waals surface area contributed by atoms with Gasteiger partial charge in [0.05, 0.1) is 18.8 Å². The molecule has 6 heteroatoms. The minimum Gasteiger partial charge on any atom is -0.394 e. The summed E-state index contributed by atoms with van der Waals surface area (Å²) in [4.78, 5) is 12.6. The van der Waals surface area contributed by atoms with Crippen LogP contribution in [0.3, 0.4) is 0 Å². The highest BCUT2D eigenvalue weighted by Gasteiger charge is 2.28. The third-order valence-corrected chi connectivity index (χ3v) is 13.2. The quantitative estimate of drug-likeness (QED) is 0.0308. The number of hydrogen-bond acceptors (Lipinski definition) is 5. The fourth-order valence-corrected chi connectivity index (χ4v) is 8.73. The minimum atomic E-state index is -1.30. The topological polar surface area (TPSA) is 110 Å². The summed E-state index contributed by atoms with van der Waals surface area (Å²) in [5, 5.41) is 44.0. The Balaban J connectivity index is 3.72. The summed E-state index contributed by atoms with van der Waals surface area (Å²) in [6, 6.07) is -1.01. The van der Waals surface area contributed by atoms with Gasteiger partial charge in [0.1, 0.15) is 12.2 Å². The van der Waals surface area contributed by atoms with E-state index in [4.69, 9.17) is 0 Å². The Bertz CT molecular complexity index is 1070. The molecule has 1 amide bonds. The summed E-state index contributed by atoms with van der Waals surface area (Å²) in [6.45, 7) is 4.06. The van der Waals surface area contributed by atoms with Gasteiger partial charge in [0, 0.05) is 0 Å². The zero-order chi connectivity index (χ0) is 47.4. The lowest BCUT2D eigenvalue weighted by Gasteiger charge is -2.27. The predicted molar refractivity (Wildman–Crippen MR) is 283 cm³/mol. The molecule has 0 saturated heterocycles. The normalized spacial score (nSPS) is 14.1. The molecule has 0 aromatic heterocycles. The van der Waals surface area contributed by atoms with E-state index < -0.39 is 36.9 Å². The Kier molecular flexibility index (Phi) is 51.8. The van der Waals surface area contributed by atoms with Gasteiger partial charge in [0.25, 0.3) is 0 Å². The summed E-state index contributed by atoms with van der Waals surface area (Å²) in [7, 11) is 0. The molecule has 382 valence electrons. The van der Waals surface area contributed by atoms with Gasteiger partial charge < -0.3 is 25.7 Å². The maximum absolute atomic E-state index is 12.6. The molecule has 0 spiro atoms. The first-order valence-corrected chi connectivity index (χ1v) is 28.5. The molecule has 0 radical (unpaired) electrons. The average Bonchev–Trinajstić information content (AvgIpc) is 3.31. The molecule has 0 rings (SSSR count). The van der Waals surface area contributed by atoms with Crippen molar-refractivity contribution in [3.05, 3.63) is 48.6 Å². The molecule has 0 heterocycles. The number of aliphatic hydroxyl groups is 4. The van der Waals surface area contributed by atoms with Gasteiger partial charge >= 0.3 is 0 Å². The van der Waals surface area contributed by atoms with Gasteiger partial charge in [-0.3, -0.25) is 4.79 Å². The van der Waals surface area contributed by atoms with E-state index in [0.717, 1.165) is 51.4 Å². The Morgan fingerprint density at radius 3 is 0.969 bits per heavy atom. The zero-order valence-electron chi connectivity index (χ0n) is 43.2. The number of carbonyl (C=O) groups excluding carboxylic acids is 1. The van der Waals surface area contributed by atoms with Crippen molar-refractivity contribution in [2.24, 2.45) is 0 Å². The number of aliphatic hydroxyl groups excluding tert-OH is 4. The van der Waals surface area contributed by atoms with E-state index >= 15 is 0 Å². The van der Waals surface area contributed by atoms with E-state index in [1.165, 1.54) is 205 Å². The molecule has 0 saturated carbocycles. The van der Waals surface area contributed by atoms with Gasteiger partial charge in [-0.05, 0) is 89.9 Å². The highest BCUT2D eigenvalue weighted by atomic mass is 16.3. The van der Waals surface area contributed by atoms with Crippen LogP contribution in [0, 0.1) is 0 Å². The van der Waals surface area contributed by atoms with Crippen molar-refractivity contribution in [1.29, 1.82) is 0 Å². The fourth-order valence-electron chi connectivity index (χ4n) is 8.73. The Morgan fingerprint density at radius 2 is 0.646 bits per heavy atom. The van der Waals surface area contributed by atoms with Crippen molar-refractivity contribution in [3.8, 4) is 0 Å². The van der Waals surface area contributed by atoms with E-state index in [0.29, 0.717) is 19.3 Å². The smallest absolute Gasteiger partial charge is 0.249 e. The first-order valence-electron chi connectivity index (χ1n) is 28.5. The highest BCUT2D eigenvalue weighted by Crippen LogP contribution is 2.16. The molecule has 5 N–H and O–H groups in total. The van der Waals surface area contributed by atoms with E-state index in [9.17, 15) is 25.2 Å². The summed E-state index contributed by atoms with van der Waals surface area (Å²) < 4.78 is 0. The van der Waals surface area contributed by atoms with Gasteiger partial charge in [-0.2, -0.15) is 0 Å². The minimum absolute atomic E-state index is 0.354. The van der Waals surface area contributed by atoms with Crippen molar-refractivity contribution in [2.75, 3.05) is 6.61 Å². The Hall–Kier alpha value is -1.73. The largest absolute Gasteiger partial charge is 0.394 e. The van der Waals surface area contributed by atoms with E-state index in [1.54, 1.807) is 0 Å². The van der Waals surface area contributed by atoms with Gasteiger partial charge in [0.2, 0.25) is 5.91 Å². The molecule has 6 nitrogen and oxygen atoms in total. The first kappa shape index (κ1) is 63.3. The van der Waals surface area contributed by atoms with Crippen LogP contribution in [-0.4, -0.2) is 57.3 Å². The average molecular weight is 915 g/mol. The van der Waals surface area contributed by atoms with Crippen molar-refractivity contribution >= 4 is 5.91 Å². The van der Waals surface area contributed by atoms with Crippen molar-refractivity contribution < 1.29 is 25.2 Å². The number of amides is 1. The molecular formula is C59H111NO5. The first-order chi connectivity index (χ1) is 32.0. The monoisotopic (exact) mass is 914 g/mol. The number of unbranched alkanes of at least 4 members (excludes halogenated alkanes) is 35. The third-order valence-electron chi connectivity index (χ3n) is 13.2. The molecule has 0 aliphatic carbocycles. The second-order valence-electron chi connectivity index (χ2n) is 19.6. The molecule has 4 unspecified atom stereocenters. The summed E-state index contributed by atoms with van der Waals surface area (Å²) in [5.74, 6) is -0.600. The molecule has 0 aliphatic rings. The highest BCUT2D eigenvalue weighted by molar-refractivity contribution is 5.80. The summed E-state index contributed by atoms with van der Waals surface area (Å²) in [6.07, 6.45) is 67.5. The fraction of sp³-hybridized carbons (Fsp3) is 0.847. The Labute approximate surface area is 404 Å². The number of hydrogen-bond donors (Lipinski definition) is 5. The van der Waals surface area contributed by atoms with Gasteiger partial charge in [0.15, 0.2) is 0 Å². The Morgan fingerprint density at radius 1 is 0.369 bits per heavy atom. The standard InChI is InChI=1S/C59H111NO5/c1-3-5-7-9-11-13-15-17-19-21-23-25-27-29-31-32-34-36-38-40-42-44-46-48-50-52-56(62)58(64)55(54-61)60-59(65)57(63)53-51-49-47-45-43-41-39-37-35-33-30-28-26-24-22-20-18-16-14-12-10-8-6-4-2/h29-31,33,36,38,44,46,55-58,61-64H,3-28,32,34-35,37,39-43,45,47-54H2,1-2H3,(H,60,65)/b31-29+,33-30-,38-36+,46-44+. The predicted octanol–water partition coefficient (Wildman–Crippen LogP) is 16.6. The number of rotatable bonds is 52. The lowest BCUT2D eigenvalue weighted by atomic mass is 10.00. The molecule has 4 atom stereocenters. The van der Waals surface area contributed by atoms with Gasteiger partial charge in [-0.15, -0.1) is 0 Å². The molecule has 0 fully saturated rings. The lowest BCUT2D eigenvalue weighted by Crippen LogP contribution is -2.53. The summed E-state index contributed by atoms with van der Waals surface area (Å²) in [5.41, 5.74) is 0. The molecule has 65 heavy (non-hydrogen) atoms. The van der Waals surface area contributed by atoms with Gasteiger partial charge in [-0.25, -0.2) is 0 Å². The molecule has 0 bridgehead atoms. The van der Waals surface area contributed by atoms with Crippen molar-refractivity contribution in [3.63, 3.8) is 0 Å². The van der Waals surface area contributed by atoms with Crippen LogP contribution in [0.25, 0.3) is 0 Å². The van der Waals surface area contributed by atoms with Crippen LogP contribution in [-0.2, 0) is 4.79 Å². The van der Waals surface area contributed by atoms with Crippen LogP contribution in [0.5, 0.6) is 0 Å². The molecule has 0 aromatic carbocycles. The third kappa shape index (κ3) is 47.1. The van der Waals surface area contributed by atoms with E-state index in [1.807, 2.05) is 0 Å². The number of allylic oxidation sites excluding steroid dienone is 8. The van der Waals surface area contributed by atoms with Crippen molar-refractivity contribution in [2.45, 2.75) is 314 Å². The van der Waals surface area contributed by atoms with Gasteiger partial charge in [-0.1, -0.05) is 249 Å². The second kappa shape index (κ2) is 53.2. The van der Waals surface area contributed by atoms with E-state index in [-0.39, 0.29) is 0 Å². The maximum Gasteiger partial charge on any atom is 0.249 e. The van der Waals surface area contributed by atoms with Crippen LogP contribution in [0.1, 0.15) is 290 Å². The van der Waals surface area contributed by atoms with Crippen LogP contribution in [0.4, 0.5) is 0 Å². The molecular weight excluding hydrogens is 803 g/mol.